The molecule has 0 aliphatic rings. The van der Waals surface area contributed by atoms with Gasteiger partial charge in [0.05, 0.1) is 6.54 Å². The topological polar surface area (TPSA) is 43.4 Å². The number of hydrogen-bond donors (Lipinski definition) is 1. The Morgan fingerprint density at radius 2 is 1.92 bits per heavy atom. The lowest BCUT2D eigenvalue weighted by Gasteiger charge is -2.14. The first-order valence-electron chi connectivity index (χ1n) is 4.06. The molecule has 0 atom stereocenters. The van der Waals surface area contributed by atoms with Gasteiger partial charge in [0.15, 0.2) is 6.29 Å². The van der Waals surface area contributed by atoms with Crippen molar-refractivity contribution in [3.8, 4) is 0 Å². The van der Waals surface area contributed by atoms with Crippen LogP contribution in [0.25, 0.3) is 0 Å². The zero-order valence-corrected chi connectivity index (χ0v) is 7.86. The molecule has 1 N–H and O–H groups in total. The van der Waals surface area contributed by atoms with Crippen LogP contribution in [0.4, 0.5) is 5.69 Å². The maximum atomic E-state index is 5.02. The number of methoxy groups -OCH3 is 2. The Bertz CT molecular complexity index is 224. The Kier molecular flexibility index (Phi) is 4.21. The molecule has 72 valence electrons. The highest BCUT2D eigenvalue weighted by Gasteiger charge is 2.02. The van der Waals surface area contributed by atoms with Gasteiger partial charge in [-0.05, 0) is 12.1 Å². The van der Waals surface area contributed by atoms with Crippen LogP contribution < -0.4 is 5.32 Å². The van der Waals surface area contributed by atoms with Gasteiger partial charge in [-0.15, -0.1) is 0 Å². The van der Waals surface area contributed by atoms with Crippen LogP contribution in [-0.2, 0) is 9.47 Å². The summed E-state index contributed by atoms with van der Waals surface area (Å²) >= 11 is 0. The molecule has 0 unspecified atom stereocenters. The Morgan fingerprint density at radius 3 is 2.46 bits per heavy atom. The predicted molar refractivity (Wildman–Crippen MR) is 50.5 cm³/mol. The fourth-order valence-corrected chi connectivity index (χ4v) is 0.934. The van der Waals surface area contributed by atoms with E-state index in [0.29, 0.717) is 6.54 Å². The second kappa shape index (κ2) is 5.50. The molecule has 13 heavy (non-hydrogen) atoms. The quantitative estimate of drug-likeness (QED) is 0.693. The van der Waals surface area contributed by atoms with E-state index in [9.17, 15) is 0 Å². The number of ether oxygens (including phenoxy) is 2. The molecule has 0 aliphatic carbocycles. The summed E-state index contributed by atoms with van der Waals surface area (Å²) in [5.74, 6) is 0. The fraction of sp³-hybridized carbons (Fsp3) is 0.444. The first-order valence-corrected chi connectivity index (χ1v) is 4.06. The molecule has 0 radical (unpaired) electrons. The van der Waals surface area contributed by atoms with E-state index in [0.717, 1.165) is 5.69 Å². The maximum Gasteiger partial charge on any atom is 0.173 e. The van der Waals surface area contributed by atoms with E-state index in [1.807, 2.05) is 12.1 Å². The molecular formula is C9H14N2O2. The van der Waals surface area contributed by atoms with E-state index in [1.165, 1.54) is 0 Å². The number of hydrogen-bond acceptors (Lipinski definition) is 4. The summed E-state index contributed by atoms with van der Waals surface area (Å²) in [5, 5.41) is 3.16. The van der Waals surface area contributed by atoms with Crippen molar-refractivity contribution in [2.45, 2.75) is 6.29 Å². The third-order valence-electron chi connectivity index (χ3n) is 1.68. The number of rotatable bonds is 5. The van der Waals surface area contributed by atoms with Crippen LogP contribution in [0.1, 0.15) is 0 Å². The minimum absolute atomic E-state index is 0.215. The SMILES string of the molecule is COC(CNc1ccncc1)OC. The van der Waals surface area contributed by atoms with Crippen molar-refractivity contribution in [2.24, 2.45) is 0 Å². The maximum absolute atomic E-state index is 5.02. The molecule has 0 saturated heterocycles. The average molecular weight is 182 g/mol. The molecular weight excluding hydrogens is 168 g/mol. The molecule has 0 bridgehead atoms. The normalized spacial score (nSPS) is 10.4. The molecule has 0 aromatic carbocycles. The first kappa shape index (κ1) is 9.95. The second-order valence-electron chi connectivity index (χ2n) is 2.52. The molecule has 1 rings (SSSR count). The van der Waals surface area contributed by atoms with Gasteiger partial charge >= 0.3 is 0 Å². The van der Waals surface area contributed by atoms with E-state index in [1.54, 1.807) is 26.6 Å². The van der Waals surface area contributed by atoms with Gasteiger partial charge in [-0.1, -0.05) is 0 Å². The summed E-state index contributed by atoms with van der Waals surface area (Å²) in [5.41, 5.74) is 1.01. The largest absolute Gasteiger partial charge is 0.380 e. The molecule has 0 saturated carbocycles. The van der Waals surface area contributed by atoms with Gasteiger partial charge in [0, 0.05) is 32.3 Å². The van der Waals surface area contributed by atoms with Gasteiger partial charge in [0.1, 0.15) is 0 Å². The van der Waals surface area contributed by atoms with Gasteiger partial charge in [-0.3, -0.25) is 4.98 Å². The Labute approximate surface area is 77.9 Å². The Hall–Kier alpha value is -1.13. The molecule has 0 fully saturated rings. The molecule has 4 heteroatoms. The highest BCUT2D eigenvalue weighted by molar-refractivity contribution is 5.40. The smallest absolute Gasteiger partial charge is 0.173 e. The Balaban J connectivity index is 2.34. The van der Waals surface area contributed by atoms with Crippen LogP contribution in [0, 0.1) is 0 Å². The zero-order valence-electron chi connectivity index (χ0n) is 7.86. The lowest BCUT2D eigenvalue weighted by Crippen LogP contribution is -2.23. The van der Waals surface area contributed by atoms with E-state index in [4.69, 9.17) is 9.47 Å². The van der Waals surface area contributed by atoms with Gasteiger partial charge in [-0.2, -0.15) is 0 Å². The van der Waals surface area contributed by atoms with Crippen LogP contribution in [0.2, 0.25) is 0 Å². The first-order chi connectivity index (χ1) is 6.36. The van der Waals surface area contributed by atoms with E-state index >= 15 is 0 Å². The molecule has 1 aromatic heterocycles. The fourth-order valence-electron chi connectivity index (χ4n) is 0.934. The molecule has 0 amide bonds. The van der Waals surface area contributed by atoms with Crippen molar-refractivity contribution in [1.82, 2.24) is 4.98 Å². The second-order valence-corrected chi connectivity index (χ2v) is 2.52. The average Bonchev–Trinajstić information content (AvgIpc) is 2.21. The van der Waals surface area contributed by atoms with Gasteiger partial charge in [0.25, 0.3) is 0 Å². The van der Waals surface area contributed by atoms with Crippen molar-refractivity contribution in [2.75, 3.05) is 26.1 Å². The summed E-state index contributed by atoms with van der Waals surface area (Å²) in [7, 11) is 3.23. The van der Waals surface area contributed by atoms with Crippen molar-refractivity contribution in [3.63, 3.8) is 0 Å². The van der Waals surface area contributed by atoms with Crippen molar-refractivity contribution in [3.05, 3.63) is 24.5 Å². The standard InChI is InChI=1S/C9H14N2O2/c1-12-9(13-2)7-11-8-3-5-10-6-4-8/h3-6,9H,7H2,1-2H3,(H,10,11). The zero-order chi connectivity index (χ0) is 9.52. The van der Waals surface area contributed by atoms with Crippen LogP contribution >= 0.6 is 0 Å². The third kappa shape index (κ3) is 3.40. The highest BCUT2D eigenvalue weighted by Crippen LogP contribution is 2.03. The molecule has 0 spiro atoms. The summed E-state index contributed by atoms with van der Waals surface area (Å²) in [4.78, 5) is 3.91. The predicted octanol–water partition coefficient (Wildman–Crippen LogP) is 1.11. The summed E-state index contributed by atoms with van der Waals surface area (Å²) in [6, 6.07) is 3.78. The lowest BCUT2D eigenvalue weighted by atomic mass is 10.4. The van der Waals surface area contributed by atoms with Gasteiger partial charge in [-0.25, -0.2) is 0 Å². The highest BCUT2D eigenvalue weighted by atomic mass is 16.7. The monoisotopic (exact) mass is 182 g/mol. The van der Waals surface area contributed by atoms with E-state index in [2.05, 4.69) is 10.3 Å². The van der Waals surface area contributed by atoms with Crippen LogP contribution in [0.15, 0.2) is 24.5 Å². The van der Waals surface area contributed by atoms with Crippen LogP contribution in [-0.4, -0.2) is 32.0 Å². The minimum Gasteiger partial charge on any atom is -0.380 e. The lowest BCUT2D eigenvalue weighted by molar-refractivity contribution is -0.0914. The van der Waals surface area contributed by atoms with E-state index < -0.39 is 0 Å². The minimum atomic E-state index is -0.215. The van der Waals surface area contributed by atoms with Gasteiger partial charge in [0.2, 0.25) is 0 Å². The van der Waals surface area contributed by atoms with Crippen molar-refractivity contribution in [1.29, 1.82) is 0 Å². The van der Waals surface area contributed by atoms with Crippen LogP contribution in [0.3, 0.4) is 0 Å². The molecule has 1 heterocycles. The number of aromatic nitrogens is 1. The number of pyridine rings is 1. The third-order valence-corrected chi connectivity index (χ3v) is 1.68. The summed E-state index contributed by atoms with van der Waals surface area (Å²) < 4.78 is 10.0. The number of nitrogens with zero attached hydrogens (tertiary/aromatic N) is 1. The molecule has 4 nitrogen and oxygen atoms in total. The van der Waals surface area contributed by atoms with Crippen molar-refractivity contribution >= 4 is 5.69 Å². The molecule has 0 aliphatic heterocycles. The van der Waals surface area contributed by atoms with Crippen molar-refractivity contribution < 1.29 is 9.47 Å². The van der Waals surface area contributed by atoms with E-state index in [-0.39, 0.29) is 6.29 Å². The van der Waals surface area contributed by atoms with Crippen LogP contribution in [0.5, 0.6) is 0 Å². The number of anilines is 1. The molecule has 1 aromatic rings. The summed E-state index contributed by atoms with van der Waals surface area (Å²) in [6.45, 7) is 0.622. The van der Waals surface area contributed by atoms with Gasteiger partial charge < -0.3 is 14.8 Å². The Morgan fingerprint density at radius 1 is 1.31 bits per heavy atom. The number of nitrogens with one attached hydrogen (secondary N) is 1. The summed E-state index contributed by atoms with van der Waals surface area (Å²) in [6.07, 6.45) is 3.25.